The fraction of sp³-hybridized carbons (Fsp3) is 0.176. The third kappa shape index (κ3) is 28.0. The molecule has 2 aromatic rings. The van der Waals surface area contributed by atoms with Gasteiger partial charge in [0.25, 0.3) is 0 Å². The van der Waals surface area contributed by atoms with Gasteiger partial charge in [0.1, 0.15) is 20.2 Å². The van der Waals surface area contributed by atoms with E-state index in [0.29, 0.717) is 23.7 Å². The summed E-state index contributed by atoms with van der Waals surface area (Å²) in [5, 5.41) is 18.5. The van der Waals surface area contributed by atoms with Crippen LogP contribution in [0.3, 0.4) is 0 Å². The smallest absolute Gasteiger partial charge is 1.00 e. The summed E-state index contributed by atoms with van der Waals surface area (Å²) in [6.07, 6.45) is 1.34. The van der Waals surface area contributed by atoms with Crippen LogP contribution in [0.25, 0.3) is 0 Å². The van der Waals surface area contributed by atoms with Crippen molar-refractivity contribution in [3.63, 3.8) is 0 Å². The van der Waals surface area contributed by atoms with E-state index in [4.69, 9.17) is 25.3 Å². The number of rotatable bonds is 6. The molecule has 0 aromatic heterocycles. The molecule has 2 rings (SSSR count). The zero-order valence-corrected chi connectivity index (χ0v) is 32.4. The van der Waals surface area contributed by atoms with Gasteiger partial charge in [-0.25, -0.2) is 16.8 Å². The second-order valence-corrected chi connectivity index (χ2v) is 9.27. The largest absolute Gasteiger partial charge is 1.00 e. The van der Waals surface area contributed by atoms with E-state index in [1.165, 1.54) is 12.1 Å². The fourth-order valence-electron chi connectivity index (χ4n) is 2.00. The molecule has 0 bridgehead atoms. The van der Waals surface area contributed by atoms with Gasteiger partial charge < -0.3 is 22.2 Å². The van der Waals surface area contributed by atoms with Gasteiger partial charge in [-0.3, -0.25) is 9.59 Å². The first kappa shape index (κ1) is 57.4. The minimum absolute atomic E-state index is 0. The number of carbonyl (C=O) groups excluding carboxylic acids is 2. The first-order chi connectivity index (χ1) is 16.4. The summed E-state index contributed by atoms with van der Waals surface area (Å²) in [5.41, 5.74) is -5.55. The van der Waals surface area contributed by atoms with Crippen LogP contribution in [0.2, 0.25) is 0 Å². The van der Waals surface area contributed by atoms with Gasteiger partial charge in [0, 0.05) is 22.3 Å². The third-order valence-corrected chi connectivity index (χ3v) is 4.93. The number of hydrogen-bond donors (Lipinski definition) is 2. The van der Waals surface area contributed by atoms with E-state index in [9.17, 15) is 45.7 Å². The Morgan fingerprint density at radius 3 is 0.976 bits per heavy atom. The van der Waals surface area contributed by atoms with E-state index in [1.807, 2.05) is 0 Å². The number of benzene rings is 2. The van der Waals surface area contributed by atoms with Crippen LogP contribution in [-0.2, 0) is 41.5 Å². The molecule has 212 valence electrons. The van der Waals surface area contributed by atoms with Gasteiger partial charge in [-0.15, -0.1) is 25.3 Å². The van der Waals surface area contributed by atoms with E-state index in [0.717, 1.165) is 12.1 Å². The standard InChI is InChI=1S/C8H10O8S2.C8H6O2.CH4.4Na.2O3S.2H/c9-7(17(11,12)13)5-3-1-2-4-6(5)8(10)18(14,15)16;9-5-7-3-1-2-4-8(7)6-10;;;;;;2*1-4(2)3;;/h1-4,7-10H,(H,11,12,13)(H,14,15,16);1-6H;1H4;;;;;;;;/q;;;4*+1;;;2*-1/p-2. The number of aldehydes is 2. The minimum atomic E-state index is -5.16. The summed E-state index contributed by atoms with van der Waals surface area (Å²) < 4.78 is 115. The fourth-order valence-corrected chi connectivity index (χ4v) is 3.05. The van der Waals surface area contributed by atoms with Crippen LogP contribution in [0.5, 0.6) is 0 Å². The van der Waals surface area contributed by atoms with Crippen molar-refractivity contribution in [3.05, 3.63) is 70.8 Å². The van der Waals surface area contributed by atoms with Crippen molar-refractivity contribution in [3.8, 4) is 0 Å². The van der Waals surface area contributed by atoms with E-state index >= 15 is 0 Å². The molecule has 24 heteroatoms. The van der Waals surface area contributed by atoms with Gasteiger partial charge in [-0.05, 0) is 0 Å². The molecule has 0 saturated heterocycles. The van der Waals surface area contributed by atoms with Crippen LogP contribution in [-0.4, -0.2) is 74.0 Å². The number of carbonyl (C=O) groups is 2. The molecule has 2 atom stereocenters. The summed E-state index contributed by atoms with van der Waals surface area (Å²) in [4.78, 5) is 20.5. The SMILES string of the molecule is C.O=Cc1ccccc1C=O.O=S(=O)([O-])C(O)c1ccccc1C(O)S(=O)(=O)[O-].O=S(=O)=O.O=S(=O)=O.[H-].[H-].[Na+].[Na+].[Na+].[Na+]. The summed E-state index contributed by atoms with van der Waals surface area (Å²) in [5.74, 6) is 0. The van der Waals surface area contributed by atoms with Crippen molar-refractivity contribution < 1.29 is 192 Å². The molecular formula is C17H20Na4O16S4. The predicted molar refractivity (Wildman–Crippen MR) is 121 cm³/mol. The average molecular weight is 701 g/mol. The molecule has 0 saturated carbocycles. The van der Waals surface area contributed by atoms with Gasteiger partial charge in [0.15, 0.2) is 23.4 Å². The van der Waals surface area contributed by atoms with Crippen molar-refractivity contribution in [1.82, 2.24) is 0 Å². The number of hydrogen-bond acceptors (Lipinski definition) is 16. The monoisotopic (exact) mass is 700 g/mol. The van der Waals surface area contributed by atoms with Gasteiger partial charge in [0.2, 0.25) is 0 Å². The molecule has 0 radical (unpaired) electrons. The second-order valence-electron chi connectivity index (χ2n) is 5.59. The Balaban J connectivity index is -0.0000000572. The predicted octanol–water partition coefficient (Wildman–Crippen LogP) is -13.1. The van der Waals surface area contributed by atoms with E-state index in [1.54, 1.807) is 24.3 Å². The van der Waals surface area contributed by atoms with E-state index in [2.05, 4.69) is 0 Å². The molecule has 0 aliphatic rings. The quantitative estimate of drug-likeness (QED) is 0.161. The first-order valence-electron chi connectivity index (χ1n) is 8.27. The molecule has 0 fully saturated rings. The summed E-state index contributed by atoms with van der Waals surface area (Å²) in [6, 6.07) is 10.9. The topological polar surface area (TPSA) is 291 Å². The summed E-state index contributed by atoms with van der Waals surface area (Å²) in [7, 11) is -16.5. The summed E-state index contributed by atoms with van der Waals surface area (Å²) in [6.45, 7) is 0. The molecule has 2 unspecified atom stereocenters. The molecule has 0 amide bonds. The van der Waals surface area contributed by atoms with E-state index in [-0.39, 0.29) is 129 Å². The molecular weight excluding hydrogens is 680 g/mol. The summed E-state index contributed by atoms with van der Waals surface area (Å²) >= 11 is 0. The maximum Gasteiger partial charge on any atom is 1.00 e. The Kier molecular flexibility index (Phi) is 41.3. The van der Waals surface area contributed by atoms with Gasteiger partial charge in [-0.2, -0.15) is 0 Å². The number of aliphatic hydroxyl groups excluding tert-OH is 2. The minimum Gasteiger partial charge on any atom is -1.00 e. The van der Waals surface area contributed by atoms with Crippen molar-refractivity contribution in [2.24, 2.45) is 0 Å². The van der Waals surface area contributed by atoms with Crippen molar-refractivity contribution in [2.45, 2.75) is 18.3 Å². The zero-order valence-electron chi connectivity index (χ0n) is 23.2. The van der Waals surface area contributed by atoms with Crippen LogP contribution >= 0.6 is 0 Å². The van der Waals surface area contributed by atoms with Crippen LogP contribution in [0.4, 0.5) is 0 Å². The zero-order chi connectivity index (χ0) is 28.7. The maximum absolute atomic E-state index is 10.6. The molecule has 16 nitrogen and oxygen atoms in total. The van der Waals surface area contributed by atoms with Crippen LogP contribution in [0, 0.1) is 0 Å². The van der Waals surface area contributed by atoms with Gasteiger partial charge in [0.05, 0.1) is 0 Å². The molecule has 0 heterocycles. The Labute approximate surface area is 330 Å². The molecule has 0 spiro atoms. The normalized spacial score (nSPS) is 10.4. The third-order valence-electron chi connectivity index (χ3n) is 3.32. The van der Waals surface area contributed by atoms with Crippen LogP contribution in [0.1, 0.15) is 53.0 Å². The molecule has 0 aliphatic heterocycles. The maximum atomic E-state index is 10.6. The number of aliphatic hydroxyl groups is 2. The molecule has 41 heavy (non-hydrogen) atoms. The molecule has 2 aromatic carbocycles. The van der Waals surface area contributed by atoms with Gasteiger partial charge >= 0.3 is 139 Å². The Morgan fingerprint density at radius 2 is 0.805 bits per heavy atom. The van der Waals surface area contributed by atoms with Crippen molar-refractivity contribution in [2.75, 3.05) is 0 Å². The Morgan fingerprint density at radius 1 is 0.610 bits per heavy atom. The molecule has 2 N–H and O–H groups in total. The molecule has 0 aliphatic carbocycles. The van der Waals surface area contributed by atoms with Crippen LogP contribution < -0.4 is 118 Å². The van der Waals surface area contributed by atoms with Crippen molar-refractivity contribution >= 4 is 54.0 Å². The van der Waals surface area contributed by atoms with Gasteiger partial charge in [-0.1, -0.05) is 56.0 Å². The van der Waals surface area contributed by atoms with Crippen LogP contribution in [0.15, 0.2) is 48.5 Å². The first-order valence-corrected chi connectivity index (χ1v) is 13.2. The second kappa shape index (κ2) is 29.5. The van der Waals surface area contributed by atoms with Crippen molar-refractivity contribution in [1.29, 1.82) is 0 Å². The Hall–Kier alpha value is 0.760. The Bertz CT molecular complexity index is 1370. The van der Waals surface area contributed by atoms with E-state index < -0.39 is 63.5 Å². The average Bonchev–Trinajstić information content (AvgIpc) is 2.76.